The highest BCUT2D eigenvalue weighted by molar-refractivity contribution is 4.76. The predicted octanol–water partition coefficient (Wildman–Crippen LogP) is 1.19. The SMILES string of the molecule is CN(CC1CCN(CCO)CC1)C[C@H]1CCCCO1. The topological polar surface area (TPSA) is 35.9 Å². The van der Waals surface area contributed by atoms with Crippen molar-refractivity contribution in [2.24, 2.45) is 5.92 Å². The minimum atomic E-state index is 0.295. The second kappa shape index (κ2) is 8.20. The van der Waals surface area contributed by atoms with Gasteiger partial charge in [-0.25, -0.2) is 0 Å². The molecule has 1 N–H and O–H groups in total. The standard InChI is InChI=1S/C15H30N2O2/c1-16(13-15-4-2-3-11-19-15)12-14-5-7-17(8-6-14)9-10-18/h14-15,18H,2-13H2,1H3/t15-/m1/s1. The Morgan fingerprint density at radius 1 is 1.16 bits per heavy atom. The molecule has 0 saturated carbocycles. The van der Waals surface area contributed by atoms with Crippen LogP contribution >= 0.6 is 0 Å². The first kappa shape index (κ1) is 15.2. The van der Waals surface area contributed by atoms with Crippen molar-refractivity contribution in [3.63, 3.8) is 0 Å². The fourth-order valence-electron chi connectivity index (χ4n) is 3.35. The fraction of sp³-hybridized carbons (Fsp3) is 1.00. The first-order valence-corrected chi connectivity index (χ1v) is 7.91. The van der Waals surface area contributed by atoms with Gasteiger partial charge >= 0.3 is 0 Å². The van der Waals surface area contributed by atoms with E-state index in [0.717, 1.165) is 38.7 Å². The first-order valence-electron chi connectivity index (χ1n) is 7.91. The lowest BCUT2D eigenvalue weighted by atomic mass is 9.96. The van der Waals surface area contributed by atoms with Crippen LogP contribution in [0, 0.1) is 5.92 Å². The third-order valence-electron chi connectivity index (χ3n) is 4.48. The molecule has 0 aromatic carbocycles. The van der Waals surface area contributed by atoms with Crippen LogP contribution in [0.3, 0.4) is 0 Å². The summed E-state index contributed by atoms with van der Waals surface area (Å²) in [6, 6.07) is 0. The van der Waals surface area contributed by atoms with Crippen molar-refractivity contribution in [1.82, 2.24) is 9.80 Å². The highest BCUT2D eigenvalue weighted by atomic mass is 16.5. The highest BCUT2D eigenvalue weighted by Crippen LogP contribution is 2.19. The summed E-state index contributed by atoms with van der Waals surface area (Å²) < 4.78 is 5.81. The van der Waals surface area contributed by atoms with Crippen molar-refractivity contribution in [2.75, 3.05) is 53.0 Å². The molecule has 112 valence electrons. The molecular weight excluding hydrogens is 240 g/mol. The molecule has 2 heterocycles. The Labute approximate surface area is 117 Å². The molecule has 4 heteroatoms. The number of piperidine rings is 1. The summed E-state index contributed by atoms with van der Waals surface area (Å²) in [6.07, 6.45) is 6.82. The van der Waals surface area contributed by atoms with Gasteiger partial charge in [0.25, 0.3) is 0 Å². The fourth-order valence-corrected chi connectivity index (χ4v) is 3.35. The number of β-amino-alcohol motifs (C(OH)–C–C–N with tert-alkyl or cyclic N) is 1. The quantitative estimate of drug-likeness (QED) is 0.786. The lowest BCUT2D eigenvalue weighted by Crippen LogP contribution is -2.41. The number of hydrogen-bond donors (Lipinski definition) is 1. The van der Waals surface area contributed by atoms with Crippen molar-refractivity contribution in [3.05, 3.63) is 0 Å². The molecule has 0 aromatic heterocycles. The number of aliphatic hydroxyl groups is 1. The van der Waals surface area contributed by atoms with E-state index in [1.165, 1.54) is 38.6 Å². The Morgan fingerprint density at radius 2 is 1.95 bits per heavy atom. The van der Waals surface area contributed by atoms with Gasteiger partial charge < -0.3 is 19.6 Å². The van der Waals surface area contributed by atoms with Crippen molar-refractivity contribution >= 4 is 0 Å². The summed E-state index contributed by atoms with van der Waals surface area (Å²) in [7, 11) is 2.23. The molecule has 2 rings (SSSR count). The van der Waals surface area contributed by atoms with Crippen molar-refractivity contribution in [3.8, 4) is 0 Å². The van der Waals surface area contributed by atoms with Crippen LogP contribution in [0.2, 0.25) is 0 Å². The molecule has 19 heavy (non-hydrogen) atoms. The Morgan fingerprint density at radius 3 is 2.58 bits per heavy atom. The molecule has 2 aliphatic rings. The predicted molar refractivity (Wildman–Crippen MR) is 77.3 cm³/mol. The molecule has 0 aliphatic carbocycles. The molecule has 2 aliphatic heterocycles. The smallest absolute Gasteiger partial charge is 0.0701 e. The number of likely N-dealkylation sites (N-methyl/N-ethyl adjacent to an activating group) is 1. The second-order valence-electron chi connectivity index (χ2n) is 6.22. The number of rotatable bonds is 6. The van der Waals surface area contributed by atoms with E-state index in [0.29, 0.717) is 12.7 Å². The van der Waals surface area contributed by atoms with E-state index in [1.54, 1.807) is 0 Å². The van der Waals surface area contributed by atoms with Crippen LogP contribution in [0.5, 0.6) is 0 Å². The number of aliphatic hydroxyl groups excluding tert-OH is 1. The van der Waals surface area contributed by atoms with Crippen LogP contribution in [-0.2, 0) is 4.74 Å². The zero-order valence-electron chi connectivity index (χ0n) is 12.4. The molecular formula is C15H30N2O2. The van der Waals surface area contributed by atoms with E-state index in [1.807, 2.05) is 0 Å². The van der Waals surface area contributed by atoms with Gasteiger partial charge in [0, 0.05) is 26.2 Å². The van der Waals surface area contributed by atoms with Gasteiger partial charge in [-0.2, -0.15) is 0 Å². The van der Waals surface area contributed by atoms with E-state index >= 15 is 0 Å². The maximum absolute atomic E-state index is 8.95. The lowest BCUT2D eigenvalue weighted by molar-refractivity contribution is -0.00509. The van der Waals surface area contributed by atoms with Gasteiger partial charge in [0.15, 0.2) is 0 Å². The zero-order chi connectivity index (χ0) is 13.5. The van der Waals surface area contributed by atoms with Crippen LogP contribution in [0.25, 0.3) is 0 Å². The molecule has 0 amide bonds. The highest BCUT2D eigenvalue weighted by Gasteiger charge is 2.22. The van der Waals surface area contributed by atoms with Gasteiger partial charge in [-0.1, -0.05) is 0 Å². The van der Waals surface area contributed by atoms with Gasteiger partial charge in [0.05, 0.1) is 12.7 Å². The maximum atomic E-state index is 8.95. The molecule has 2 fully saturated rings. The summed E-state index contributed by atoms with van der Waals surface area (Å²) in [5, 5.41) is 8.95. The first-order chi connectivity index (χ1) is 9.28. The minimum absolute atomic E-state index is 0.295. The molecule has 1 atom stereocenters. The summed E-state index contributed by atoms with van der Waals surface area (Å²) >= 11 is 0. The van der Waals surface area contributed by atoms with Crippen LogP contribution < -0.4 is 0 Å². The van der Waals surface area contributed by atoms with E-state index < -0.39 is 0 Å². The number of likely N-dealkylation sites (tertiary alicyclic amines) is 1. The molecule has 0 bridgehead atoms. The monoisotopic (exact) mass is 270 g/mol. The third kappa shape index (κ3) is 5.38. The number of hydrogen-bond acceptors (Lipinski definition) is 4. The van der Waals surface area contributed by atoms with Crippen molar-refractivity contribution in [2.45, 2.75) is 38.2 Å². The summed E-state index contributed by atoms with van der Waals surface area (Å²) in [4.78, 5) is 4.84. The normalized spacial score (nSPS) is 27.0. The van der Waals surface area contributed by atoms with Crippen molar-refractivity contribution < 1.29 is 9.84 Å². The molecule has 0 radical (unpaired) electrons. The Hall–Kier alpha value is -0.160. The van der Waals surface area contributed by atoms with Crippen molar-refractivity contribution in [1.29, 1.82) is 0 Å². The zero-order valence-corrected chi connectivity index (χ0v) is 12.4. The Balaban J connectivity index is 1.61. The Bertz CT molecular complexity index is 236. The van der Waals surface area contributed by atoms with Crippen LogP contribution in [0.4, 0.5) is 0 Å². The summed E-state index contributed by atoms with van der Waals surface area (Å²) in [5.41, 5.74) is 0. The van der Waals surface area contributed by atoms with Crippen LogP contribution in [0.15, 0.2) is 0 Å². The van der Waals surface area contributed by atoms with E-state index in [2.05, 4.69) is 16.8 Å². The van der Waals surface area contributed by atoms with E-state index in [-0.39, 0.29) is 0 Å². The number of nitrogens with zero attached hydrogens (tertiary/aromatic N) is 2. The van der Waals surface area contributed by atoms with Gasteiger partial charge in [-0.15, -0.1) is 0 Å². The van der Waals surface area contributed by atoms with Gasteiger partial charge in [-0.3, -0.25) is 0 Å². The molecule has 0 unspecified atom stereocenters. The average molecular weight is 270 g/mol. The van der Waals surface area contributed by atoms with Crippen LogP contribution in [-0.4, -0.2) is 74.0 Å². The van der Waals surface area contributed by atoms with E-state index in [9.17, 15) is 0 Å². The Kier molecular flexibility index (Phi) is 6.57. The summed E-state index contributed by atoms with van der Waals surface area (Å²) in [6.45, 7) is 6.70. The molecule has 0 spiro atoms. The van der Waals surface area contributed by atoms with Gasteiger partial charge in [-0.05, 0) is 58.2 Å². The maximum Gasteiger partial charge on any atom is 0.0701 e. The number of ether oxygens (including phenoxy) is 1. The van der Waals surface area contributed by atoms with Gasteiger partial charge in [0.1, 0.15) is 0 Å². The summed E-state index contributed by atoms with van der Waals surface area (Å²) in [5.74, 6) is 0.823. The average Bonchev–Trinajstić information content (AvgIpc) is 2.42. The van der Waals surface area contributed by atoms with Crippen LogP contribution in [0.1, 0.15) is 32.1 Å². The minimum Gasteiger partial charge on any atom is -0.395 e. The molecule has 4 nitrogen and oxygen atoms in total. The molecule has 2 saturated heterocycles. The van der Waals surface area contributed by atoms with Gasteiger partial charge in [0.2, 0.25) is 0 Å². The molecule has 0 aromatic rings. The second-order valence-corrected chi connectivity index (χ2v) is 6.22. The largest absolute Gasteiger partial charge is 0.395 e. The lowest BCUT2D eigenvalue weighted by Gasteiger charge is -2.34. The third-order valence-corrected chi connectivity index (χ3v) is 4.48. The van der Waals surface area contributed by atoms with E-state index in [4.69, 9.17) is 9.84 Å².